The minimum atomic E-state index is -0.214. The van der Waals surface area contributed by atoms with Crippen LogP contribution in [0.1, 0.15) is 11.1 Å². The van der Waals surface area contributed by atoms with Crippen molar-refractivity contribution < 1.29 is 9.53 Å². The molecule has 23 heavy (non-hydrogen) atoms. The molecule has 0 saturated carbocycles. The van der Waals surface area contributed by atoms with Crippen LogP contribution in [0.5, 0.6) is 5.75 Å². The molecular formula is C19H16ClNO2. The van der Waals surface area contributed by atoms with Gasteiger partial charge >= 0.3 is 0 Å². The number of halogens is 1. The van der Waals surface area contributed by atoms with Gasteiger partial charge in [-0.15, -0.1) is 0 Å². The number of hydrogen-bond acceptors (Lipinski definition) is 2. The molecule has 0 spiro atoms. The molecule has 0 aliphatic carbocycles. The molecule has 2 aromatic rings. The summed E-state index contributed by atoms with van der Waals surface area (Å²) in [6.45, 7) is 0.276. The van der Waals surface area contributed by atoms with Gasteiger partial charge in [0.2, 0.25) is 5.91 Å². The predicted molar refractivity (Wildman–Crippen MR) is 93.4 cm³/mol. The lowest BCUT2D eigenvalue weighted by Crippen LogP contribution is -2.20. The lowest BCUT2D eigenvalue weighted by atomic mass is 10.2. The van der Waals surface area contributed by atoms with Crippen molar-refractivity contribution in [3.05, 3.63) is 70.8 Å². The van der Waals surface area contributed by atoms with Crippen molar-refractivity contribution in [2.75, 3.05) is 13.7 Å². The van der Waals surface area contributed by atoms with Crippen molar-refractivity contribution in [3.63, 3.8) is 0 Å². The maximum atomic E-state index is 11.7. The summed E-state index contributed by atoms with van der Waals surface area (Å²) in [4.78, 5) is 11.7. The zero-order valence-corrected chi connectivity index (χ0v) is 13.4. The largest absolute Gasteiger partial charge is 0.497 e. The summed E-state index contributed by atoms with van der Waals surface area (Å²) >= 11 is 6.01. The normalized spacial score (nSPS) is 10.0. The third kappa shape index (κ3) is 5.54. The van der Waals surface area contributed by atoms with Gasteiger partial charge in [0.1, 0.15) is 5.75 Å². The lowest BCUT2D eigenvalue weighted by molar-refractivity contribution is -0.116. The highest BCUT2D eigenvalue weighted by Gasteiger charge is 1.96. The molecule has 0 radical (unpaired) electrons. The summed E-state index contributed by atoms with van der Waals surface area (Å²) in [5.41, 5.74) is 1.67. The van der Waals surface area contributed by atoms with E-state index in [1.165, 1.54) is 6.08 Å². The number of benzene rings is 2. The van der Waals surface area contributed by atoms with Crippen LogP contribution >= 0.6 is 11.6 Å². The number of hydrogen-bond donors (Lipinski definition) is 1. The van der Waals surface area contributed by atoms with Crippen molar-refractivity contribution in [2.24, 2.45) is 0 Å². The Morgan fingerprint density at radius 2 is 1.96 bits per heavy atom. The van der Waals surface area contributed by atoms with Gasteiger partial charge in [0.25, 0.3) is 0 Å². The van der Waals surface area contributed by atoms with E-state index in [2.05, 4.69) is 17.2 Å². The number of rotatable bonds is 4. The van der Waals surface area contributed by atoms with Gasteiger partial charge in [-0.25, -0.2) is 0 Å². The Hall–Kier alpha value is -2.70. The van der Waals surface area contributed by atoms with Gasteiger partial charge in [-0.1, -0.05) is 41.6 Å². The van der Waals surface area contributed by atoms with Gasteiger partial charge in [-0.2, -0.15) is 0 Å². The minimum Gasteiger partial charge on any atom is -0.497 e. The molecule has 0 bridgehead atoms. The Bertz CT molecular complexity index is 755. The van der Waals surface area contributed by atoms with Crippen LogP contribution in [0.4, 0.5) is 0 Å². The predicted octanol–water partition coefficient (Wildman–Crippen LogP) is 3.53. The molecule has 0 aliphatic rings. The van der Waals surface area contributed by atoms with Crippen LogP contribution in [-0.4, -0.2) is 19.6 Å². The number of methoxy groups -OCH3 is 1. The number of carbonyl (C=O) groups is 1. The standard InChI is InChI=1S/C19H16ClNO2/c1-23-17-11-8-15(9-12-17)5-4-14-21-19(22)13-10-16-6-2-3-7-18(16)20/h2-3,6-13H,14H2,1H3,(H,21,22)/b13-10+. The summed E-state index contributed by atoms with van der Waals surface area (Å²) in [7, 11) is 1.62. The molecule has 1 N–H and O–H groups in total. The van der Waals surface area contributed by atoms with Gasteiger partial charge < -0.3 is 10.1 Å². The van der Waals surface area contributed by atoms with Gasteiger partial charge in [-0.05, 0) is 42.0 Å². The van der Waals surface area contributed by atoms with Crippen molar-refractivity contribution in [2.45, 2.75) is 0 Å². The van der Waals surface area contributed by atoms with Crippen LogP contribution in [0.25, 0.3) is 6.08 Å². The number of nitrogens with one attached hydrogen (secondary N) is 1. The highest BCUT2D eigenvalue weighted by molar-refractivity contribution is 6.32. The molecule has 0 fully saturated rings. The zero-order chi connectivity index (χ0) is 16.5. The average Bonchev–Trinajstić information content (AvgIpc) is 2.58. The third-order valence-corrected chi connectivity index (χ3v) is 3.34. The van der Waals surface area contributed by atoms with E-state index >= 15 is 0 Å². The van der Waals surface area contributed by atoms with Gasteiger partial charge in [-0.3, -0.25) is 4.79 Å². The van der Waals surface area contributed by atoms with Crippen LogP contribution in [-0.2, 0) is 4.79 Å². The molecule has 0 aliphatic heterocycles. The highest BCUT2D eigenvalue weighted by atomic mass is 35.5. The quantitative estimate of drug-likeness (QED) is 0.690. The van der Waals surface area contributed by atoms with Crippen LogP contribution in [0.3, 0.4) is 0 Å². The molecule has 0 unspecified atom stereocenters. The summed E-state index contributed by atoms with van der Waals surface area (Å²) in [6.07, 6.45) is 3.12. The minimum absolute atomic E-state index is 0.214. The molecule has 4 heteroatoms. The third-order valence-electron chi connectivity index (χ3n) is 2.99. The van der Waals surface area contributed by atoms with Crippen molar-refractivity contribution in [3.8, 4) is 17.6 Å². The first-order chi connectivity index (χ1) is 11.2. The fourth-order valence-electron chi connectivity index (χ4n) is 1.79. The molecule has 2 aromatic carbocycles. The van der Waals surface area contributed by atoms with Gasteiger partial charge in [0.15, 0.2) is 0 Å². The first-order valence-corrected chi connectivity index (χ1v) is 7.40. The lowest BCUT2D eigenvalue weighted by Gasteiger charge is -1.98. The second-order valence-corrected chi connectivity index (χ2v) is 5.01. The molecular weight excluding hydrogens is 310 g/mol. The first kappa shape index (κ1) is 16.7. The Morgan fingerprint density at radius 3 is 2.65 bits per heavy atom. The number of carbonyl (C=O) groups excluding carboxylic acids is 1. The van der Waals surface area contributed by atoms with E-state index in [0.29, 0.717) is 5.02 Å². The molecule has 0 saturated heterocycles. The Kier molecular flexibility index (Phi) is 6.28. The second-order valence-electron chi connectivity index (χ2n) is 4.60. The van der Waals surface area contributed by atoms with Crippen LogP contribution in [0.15, 0.2) is 54.6 Å². The van der Waals surface area contributed by atoms with E-state index in [4.69, 9.17) is 16.3 Å². The SMILES string of the molecule is COc1ccc(C#CCNC(=O)/C=C/c2ccccc2Cl)cc1. The summed E-state index contributed by atoms with van der Waals surface area (Å²) < 4.78 is 5.08. The monoisotopic (exact) mass is 325 g/mol. The Morgan fingerprint density at radius 1 is 1.22 bits per heavy atom. The summed E-state index contributed by atoms with van der Waals surface area (Å²) in [6, 6.07) is 14.7. The zero-order valence-electron chi connectivity index (χ0n) is 12.7. The Labute approximate surface area is 140 Å². The fourth-order valence-corrected chi connectivity index (χ4v) is 1.99. The highest BCUT2D eigenvalue weighted by Crippen LogP contribution is 2.16. The fraction of sp³-hybridized carbons (Fsp3) is 0.105. The number of amides is 1. The van der Waals surface area contributed by atoms with Crippen LogP contribution in [0.2, 0.25) is 5.02 Å². The molecule has 3 nitrogen and oxygen atoms in total. The second kappa shape index (κ2) is 8.67. The number of ether oxygens (including phenoxy) is 1. The molecule has 116 valence electrons. The topological polar surface area (TPSA) is 38.3 Å². The van der Waals surface area contributed by atoms with Crippen molar-refractivity contribution >= 4 is 23.6 Å². The van der Waals surface area contributed by atoms with E-state index < -0.39 is 0 Å². The maximum Gasteiger partial charge on any atom is 0.244 e. The molecule has 0 aromatic heterocycles. The van der Waals surface area contributed by atoms with E-state index in [0.717, 1.165) is 16.9 Å². The van der Waals surface area contributed by atoms with E-state index in [9.17, 15) is 4.79 Å². The van der Waals surface area contributed by atoms with Crippen LogP contribution in [0, 0.1) is 11.8 Å². The smallest absolute Gasteiger partial charge is 0.244 e. The van der Waals surface area contributed by atoms with Crippen molar-refractivity contribution in [1.82, 2.24) is 5.32 Å². The molecule has 2 rings (SSSR count). The first-order valence-electron chi connectivity index (χ1n) is 7.02. The van der Waals surface area contributed by atoms with E-state index in [1.54, 1.807) is 19.3 Å². The van der Waals surface area contributed by atoms with Gasteiger partial charge in [0.05, 0.1) is 13.7 Å². The molecule has 0 atom stereocenters. The molecule has 1 amide bonds. The summed E-state index contributed by atoms with van der Waals surface area (Å²) in [5, 5.41) is 3.31. The van der Waals surface area contributed by atoms with Crippen LogP contribution < -0.4 is 10.1 Å². The Balaban J connectivity index is 1.83. The average molecular weight is 326 g/mol. The van der Waals surface area contributed by atoms with Gasteiger partial charge in [0, 0.05) is 16.7 Å². The molecule has 0 heterocycles. The van der Waals surface area contributed by atoms with E-state index in [-0.39, 0.29) is 12.5 Å². The maximum absolute atomic E-state index is 11.7. The summed E-state index contributed by atoms with van der Waals surface area (Å²) in [5.74, 6) is 6.44. The van der Waals surface area contributed by atoms with Crippen molar-refractivity contribution in [1.29, 1.82) is 0 Å². The van der Waals surface area contributed by atoms with E-state index in [1.807, 2.05) is 42.5 Å².